The fourth-order valence-corrected chi connectivity index (χ4v) is 3.11. The molecule has 0 radical (unpaired) electrons. The standard InChI is InChI=1S/C17H24N4/c1-18-13-16(21-10-6-3-7-11-21)15-12-19-17(20-15)14-8-4-2-5-9-14/h2,4-5,8-9,12,16,18H,3,6-7,10-11,13H2,1H3,(H,19,20). The number of likely N-dealkylation sites (tertiary alicyclic amines) is 1. The third kappa shape index (κ3) is 3.34. The highest BCUT2D eigenvalue weighted by Gasteiger charge is 2.23. The summed E-state index contributed by atoms with van der Waals surface area (Å²) in [5.41, 5.74) is 2.36. The molecule has 0 aliphatic carbocycles. The number of nitrogens with one attached hydrogen (secondary N) is 2. The predicted octanol–water partition coefficient (Wildman–Crippen LogP) is 2.82. The van der Waals surface area contributed by atoms with Crippen LogP contribution in [0.2, 0.25) is 0 Å². The van der Waals surface area contributed by atoms with E-state index in [2.05, 4.69) is 32.3 Å². The maximum Gasteiger partial charge on any atom is 0.137 e. The van der Waals surface area contributed by atoms with E-state index < -0.39 is 0 Å². The SMILES string of the molecule is CNCC(c1cnc(-c2ccccc2)[nH]1)N1CCCCC1. The fraction of sp³-hybridized carbons (Fsp3) is 0.471. The number of likely N-dealkylation sites (N-methyl/N-ethyl adjacent to an activating group) is 1. The summed E-state index contributed by atoms with van der Waals surface area (Å²) in [6.07, 6.45) is 5.97. The number of piperidine rings is 1. The minimum absolute atomic E-state index is 0.389. The number of imidazole rings is 1. The van der Waals surface area contributed by atoms with E-state index in [-0.39, 0.29) is 0 Å². The summed E-state index contributed by atoms with van der Waals surface area (Å²) in [6.45, 7) is 3.33. The predicted molar refractivity (Wildman–Crippen MR) is 86.1 cm³/mol. The average Bonchev–Trinajstić information content (AvgIpc) is 3.04. The zero-order chi connectivity index (χ0) is 14.5. The molecule has 2 aromatic rings. The van der Waals surface area contributed by atoms with E-state index in [0.29, 0.717) is 6.04 Å². The minimum Gasteiger partial charge on any atom is -0.341 e. The van der Waals surface area contributed by atoms with Crippen LogP contribution in [0.25, 0.3) is 11.4 Å². The fourth-order valence-electron chi connectivity index (χ4n) is 3.11. The third-order valence-electron chi connectivity index (χ3n) is 4.23. The van der Waals surface area contributed by atoms with Crippen molar-refractivity contribution in [1.82, 2.24) is 20.2 Å². The number of rotatable bonds is 5. The number of benzene rings is 1. The molecule has 0 saturated carbocycles. The van der Waals surface area contributed by atoms with Gasteiger partial charge in [-0.1, -0.05) is 36.8 Å². The van der Waals surface area contributed by atoms with Gasteiger partial charge in [-0.15, -0.1) is 0 Å². The summed E-state index contributed by atoms with van der Waals surface area (Å²) in [4.78, 5) is 10.7. The van der Waals surface area contributed by atoms with Gasteiger partial charge in [0.1, 0.15) is 5.82 Å². The van der Waals surface area contributed by atoms with Gasteiger partial charge in [0.2, 0.25) is 0 Å². The Morgan fingerprint density at radius 2 is 1.95 bits per heavy atom. The lowest BCUT2D eigenvalue weighted by Crippen LogP contribution is -2.38. The third-order valence-corrected chi connectivity index (χ3v) is 4.23. The molecule has 1 fully saturated rings. The van der Waals surface area contributed by atoms with E-state index in [0.717, 1.165) is 17.9 Å². The van der Waals surface area contributed by atoms with Crippen molar-refractivity contribution in [3.05, 3.63) is 42.2 Å². The molecule has 0 amide bonds. The summed E-state index contributed by atoms with van der Waals surface area (Å²) < 4.78 is 0. The van der Waals surface area contributed by atoms with Crippen LogP contribution in [0.5, 0.6) is 0 Å². The second-order valence-electron chi connectivity index (χ2n) is 5.72. The molecular weight excluding hydrogens is 260 g/mol. The van der Waals surface area contributed by atoms with Crippen molar-refractivity contribution >= 4 is 0 Å². The van der Waals surface area contributed by atoms with Crippen molar-refractivity contribution in [3.8, 4) is 11.4 Å². The number of hydrogen-bond acceptors (Lipinski definition) is 3. The molecule has 0 bridgehead atoms. The number of H-pyrrole nitrogens is 1. The van der Waals surface area contributed by atoms with E-state index in [4.69, 9.17) is 0 Å². The molecule has 1 aliphatic rings. The zero-order valence-electron chi connectivity index (χ0n) is 12.7. The van der Waals surface area contributed by atoms with Gasteiger partial charge < -0.3 is 10.3 Å². The summed E-state index contributed by atoms with van der Waals surface area (Å²) in [7, 11) is 2.02. The minimum atomic E-state index is 0.389. The molecule has 1 atom stereocenters. The quantitative estimate of drug-likeness (QED) is 0.887. The second kappa shape index (κ2) is 6.87. The highest BCUT2D eigenvalue weighted by molar-refractivity contribution is 5.54. The van der Waals surface area contributed by atoms with E-state index in [1.165, 1.54) is 38.0 Å². The van der Waals surface area contributed by atoms with Crippen molar-refractivity contribution < 1.29 is 0 Å². The van der Waals surface area contributed by atoms with Crippen molar-refractivity contribution in [2.24, 2.45) is 0 Å². The lowest BCUT2D eigenvalue weighted by molar-refractivity contribution is 0.159. The molecule has 1 unspecified atom stereocenters. The van der Waals surface area contributed by atoms with Crippen molar-refractivity contribution in [1.29, 1.82) is 0 Å². The molecule has 3 rings (SSSR count). The largest absolute Gasteiger partial charge is 0.341 e. The van der Waals surface area contributed by atoms with E-state index in [9.17, 15) is 0 Å². The molecule has 1 aromatic heterocycles. The Morgan fingerprint density at radius 1 is 1.19 bits per heavy atom. The van der Waals surface area contributed by atoms with Gasteiger partial charge in [0.15, 0.2) is 0 Å². The Kier molecular flexibility index (Phi) is 4.68. The van der Waals surface area contributed by atoms with Crippen LogP contribution in [-0.2, 0) is 0 Å². The van der Waals surface area contributed by atoms with Crippen LogP contribution in [-0.4, -0.2) is 41.5 Å². The number of nitrogens with zero attached hydrogens (tertiary/aromatic N) is 2. The lowest BCUT2D eigenvalue weighted by Gasteiger charge is -2.33. The molecule has 2 heterocycles. The van der Waals surface area contributed by atoms with E-state index in [1.807, 2.05) is 31.4 Å². The first kappa shape index (κ1) is 14.3. The van der Waals surface area contributed by atoms with Crippen LogP contribution in [0.3, 0.4) is 0 Å². The molecule has 2 N–H and O–H groups in total. The molecule has 1 aromatic carbocycles. The Bertz CT molecular complexity index is 543. The first-order valence-corrected chi connectivity index (χ1v) is 7.87. The van der Waals surface area contributed by atoms with Crippen LogP contribution in [0.4, 0.5) is 0 Å². The highest BCUT2D eigenvalue weighted by Crippen LogP contribution is 2.25. The van der Waals surface area contributed by atoms with Gasteiger partial charge in [-0.05, 0) is 33.0 Å². The van der Waals surface area contributed by atoms with Crippen LogP contribution >= 0.6 is 0 Å². The van der Waals surface area contributed by atoms with Gasteiger partial charge in [-0.3, -0.25) is 4.90 Å². The Balaban J connectivity index is 1.81. The summed E-state index contributed by atoms with van der Waals surface area (Å²) in [5, 5.41) is 3.32. The maximum atomic E-state index is 4.57. The monoisotopic (exact) mass is 284 g/mol. The van der Waals surface area contributed by atoms with Crippen molar-refractivity contribution in [2.45, 2.75) is 25.3 Å². The molecule has 1 saturated heterocycles. The first-order valence-electron chi connectivity index (χ1n) is 7.87. The second-order valence-corrected chi connectivity index (χ2v) is 5.72. The van der Waals surface area contributed by atoms with Gasteiger partial charge in [0, 0.05) is 12.1 Å². The molecule has 4 nitrogen and oxygen atoms in total. The number of hydrogen-bond donors (Lipinski definition) is 2. The average molecular weight is 284 g/mol. The van der Waals surface area contributed by atoms with E-state index >= 15 is 0 Å². The normalized spacial score (nSPS) is 17.8. The van der Waals surface area contributed by atoms with Gasteiger partial charge in [-0.25, -0.2) is 4.98 Å². The Morgan fingerprint density at radius 3 is 2.67 bits per heavy atom. The summed E-state index contributed by atoms with van der Waals surface area (Å²) in [6, 6.07) is 10.7. The van der Waals surface area contributed by atoms with E-state index in [1.54, 1.807) is 0 Å². The molecular formula is C17H24N4. The van der Waals surface area contributed by atoms with Gasteiger partial charge in [-0.2, -0.15) is 0 Å². The topological polar surface area (TPSA) is 44.0 Å². The first-order chi connectivity index (χ1) is 10.4. The zero-order valence-corrected chi connectivity index (χ0v) is 12.7. The number of aromatic nitrogens is 2. The molecule has 112 valence electrons. The van der Waals surface area contributed by atoms with Crippen LogP contribution in [0, 0.1) is 0 Å². The Hall–Kier alpha value is -1.65. The van der Waals surface area contributed by atoms with Crippen LogP contribution < -0.4 is 5.32 Å². The van der Waals surface area contributed by atoms with Gasteiger partial charge >= 0.3 is 0 Å². The summed E-state index contributed by atoms with van der Waals surface area (Å²) >= 11 is 0. The molecule has 4 heteroatoms. The highest BCUT2D eigenvalue weighted by atomic mass is 15.2. The molecule has 21 heavy (non-hydrogen) atoms. The lowest BCUT2D eigenvalue weighted by atomic mass is 10.1. The van der Waals surface area contributed by atoms with Crippen molar-refractivity contribution in [3.63, 3.8) is 0 Å². The number of aromatic amines is 1. The van der Waals surface area contributed by atoms with Crippen LogP contribution in [0.15, 0.2) is 36.5 Å². The smallest absolute Gasteiger partial charge is 0.137 e. The van der Waals surface area contributed by atoms with Crippen LogP contribution in [0.1, 0.15) is 31.0 Å². The van der Waals surface area contributed by atoms with Crippen molar-refractivity contribution in [2.75, 3.05) is 26.7 Å². The van der Waals surface area contributed by atoms with Gasteiger partial charge in [0.05, 0.1) is 17.9 Å². The maximum absolute atomic E-state index is 4.57. The molecule has 1 aliphatic heterocycles. The molecule has 0 spiro atoms. The van der Waals surface area contributed by atoms with Gasteiger partial charge in [0.25, 0.3) is 0 Å². The Labute approximate surface area is 126 Å². The summed E-state index contributed by atoms with van der Waals surface area (Å²) in [5.74, 6) is 0.962.